The fourth-order valence-electron chi connectivity index (χ4n) is 4.09. The number of nitrogen functional groups attached to an aromatic ring is 2. The van der Waals surface area contributed by atoms with Crippen LogP contribution in [0.25, 0.3) is 11.0 Å². The van der Waals surface area contributed by atoms with Gasteiger partial charge in [0.05, 0.1) is 12.5 Å². The SMILES string of the molecule is COC(=O)[C@H](CCCNC(=O)OC(C)(C)C)NC(=O)c1ccc(CCCc2c[nH]c3nc(N)nc(N)c23)cc1. The van der Waals surface area contributed by atoms with Crippen LogP contribution in [0.15, 0.2) is 30.5 Å². The average Bonchev–Trinajstić information content (AvgIpc) is 3.27. The largest absolute Gasteiger partial charge is 0.467 e. The van der Waals surface area contributed by atoms with Gasteiger partial charge in [0, 0.05) is 18.3 Å². The molecule has 0 saturated carbocycles. The fraction of sp³-hybridized carbons (Fsp3) is 0.444. The molecule has 0 unspecified atom stereocenters. The molecule has 1 aromatic carbocycles. The number of nitrogens with two attached hydrogens (primary N) is 2. The quantitative estimate of drug-likeness (QED) is 0.180. The molecule has 2 aromatic heterocycles. The monoisotopic (exact) mass is 539 g/mol. The van der Waals surface area contributed by atoms with Crippen LogP contribution in [0.2, 0.25) is 0 Å². The van der Waals surface area contributed by atoms with Crippen molar-refractivity contribution in [2.75, 3.05) is 25.1 Å². The van der Waals surface area contributed by atoms with Crippen LogP contribution in [0.3, 0.4) is 0 Å². The Bertz CT molecular complexity index is 1300. The lowest BCUT2D eigenvalue weighted by Crippen LogP contribution is -2.42. The lowest BCUT2D eigenvalue weighted by molar-refractivity contribution is -0.143. The molecular formula is C27H37N7O5. The maximum atomic E-state index is 12.8. The minimum atomic E-state index is -0.842. The number of aromatic amines is 1. The Morgan fingerprint density at radius 1 is 1.05 bits per heavy atom. The number of ether oxygens (including phenoxy) is 2. The van der Waals surface area contributed by atoms with Gasteiger partial charge in [-0.05, 0) is 76.1 Å². The van der Waals surface area contributed by atoms with Gasteiger partial charge in [-0.15, -0.1) is 0 Å². The second-order valence-corrected chi connectivity index (χ2v) is 10.2. The van der Waals surface area contributed by atoms with Gasteiger partial charge in [-0.3, -0.25) is 4.79 Å². The van der Waals surface area contributed by atoms with Crippen LogP contribution in [0, 0.1) is 0 Å². The van der Waals surface area contributed by atoms with E-state index in [2.05, 4.69) is 25.6 Å². The van der Waals surface area contributed by atoms with Crippen LogP contribution in [0.5, 0.6) is 0 Å². The molecule has 39 heavy (non-hydrogen) atoms. The maximum absolute atomic E-state index is 12.8. The maximum Gasteiger partial charge on any atom is 0.407 e. The second-order valence-electron chi connectivity index (χ2n) is 10.2. The van der Waals surface area contributed by atoms with E-state index in [-0.39, 0.29) is 11.9 Å². The van der Waals surface area contributed by atoms with Crippen molar-refractivity contribution < 1.29 is 23.9 Å². The zero-order valence-electron chi connectivity index (χ0n) is 22.8. The third kappa shape index (κ3) is 8.59. The van der Waals surface area contributed by atoms with Crippen molar-refractivity contribution in [1.29, 1.82) is 0 Å². The Hall–Kier alpha value is -4.35. The van der Waals surface area contributed by atoms with E-state index >= 15 is 0 Å². The lowest BCUT2D eigenvalue weighted by Gasteiger charge is -2.20. The highest BCUT2D eigenvalue weighted by Gasteiger charge is 2.22. The molecule has 0 radical (unpaired) electrons. The van der Waals surface area contributed by atoms with Crippen molar-refractivity contribution in [1.82, 2.24) is 25.6 Å². The number of nitrogens with one attached hydrogen (secondary N) is 3. The highest BCUT2D eigenvalue weighted by molar-refractivity contribution is 5.96. The standard InChI is InChI=1S/C27H37N7O5/c1-27(2,3)39-26(37)30-14-6-9-19(24(36)38-4)32-23(35)17-12-10-16(11-13-17)7-5-8-18-15-31-22-20(18)21(28)33-25(29)34-22/h10-13,15,19H,5-9,14H2,1-4H3,(H,30,37)(H,32,35)(H5,28,29,31,33,34)/t19-/m0/s1. The average molecular weight is 540 g/mol. The number of amides is 2. The van der Waals surface area contributed by atoms with E-state index in [4.69, 9.17) is 20.9 Å². The topological polar surface area (TPSA) is 187 Å². The zero-order valence-corrected chi connectivity index (χ0v) is 22.8. The van der Waals surface area contributed by atoms with Crippen molar-refractivity contribution in [2.45, 2.75) is 64.5 Å². The third-order valence-electron chi connectivity index (χ3n) is 5.92. The van der Waals surface area contributed by atoms with Crippen molar-refractivity contribution in [3.63, 3.8) is 0 Å². The number of H-pyrrole nitrogens is 1. The molecular weight excluding hydrogens is 502 g/mol. The van der Waals surface area contributed by atoms with Gasteiger partial charge in [-0.25, -0.2) is 9.59 Å². The molecule has 7 N–H and O–H groups in total. The number of hydrogen-bond acceptors (Lipinski definition) is 9. The van der Waals surface area contributed by atoms with Crippen molar-refractivity contribution in [3.05, 3.63) is 47.2 Å². The van der Waals surface area contributed by atoms with Crippen LogP contribution < -0.4 is 22.1 Å². The number of methoxy groups -OCH3 is 1. The van der Waals surface area contributed by atoms with Crippen LogP contribution in [0.1, 0.15) is 61.5 Å². The summed E-state index contributed by atoms with van der Waals surface area (Å²) in [4.78, 5) is 48.1. The number of aromatic nitrogens is 3. The van der Waals surface area contributed by atoms with E-state index in [1.54, 1.807) is 32.9 Å². The summed E-state index contributed by atoms with van der Waals surface area (Å²) >= 11 is 0. The number of aryl methyl sites for hydroxylation is 2. The van der Waals surface area contributed by atoms with Gasteiger partial charge in [0.25, 0.3) is 5.91 Å². The van der Waals surface area contributed by atoms with Crippen molar-refractivity contribution in [2.24, 2.45) is 0 Å². The van der Waals surface area contributed by atoms with E-state index in [0.717, 1.165) is 35.8 Å². The summed E-state index contributed by atoms with van der Waals surface area (Å²) in [5, 5.41) is 6.15. The number of esters is 1. The molecule has 0 bridgehead atoms. The molecule has 0 saturated heterocycles. The second kappa shape index (κ2) is 12.9. The predicted octanol–water partition coefficient (Wildman–Crippen LogP) is 2.87. The summed E-state index contributed by atoms with van der Waals surface area (Å²) < 4.78 is 10.0. The number of alkyl carbamates (subject to hydrolysis) is 1. The minimum Gasteiger partial charge on any atom is -0.467 e. The van der Waals surface area contributed by atoms with E-state index in [0.29, 0.717) is 36.4 Å². The van der Waals surface area contributed by atoms with Crippen LogP contribution in [0.4, 0.5) is 16.6 Å². The Morgan fingerprint density at radius 2 is 1.77 bits per heavy atom. The summed E-state index contributed by atoms with van der Waals surface area (Å²) in [7, 11) is 1.27. The van der Waals surface area contributed by atoms with Gasteiger partial charge in [-0.2, -0.15) is 9.97 Å². The molecule has 0 fully saturated rings. The normalized spacial score (nSPS) is 12.1. The smallest absolute Gasteiger partial charge is 0.407 e. The Kier molecular flexibility index (Phi) is 9.69. The van der Waals surface area contributed by atoms with Crippen molar-refractivity contribution >= 4 is 40.8 Å². The van der Waals surface area contributed by atoms with Gasteiger partial charge >= 0.3 is 12.1 Å². The first-order valence-electron chi connectivity index (χ1n) is 12.8. The number of anilines is 2. The van der Waals surface area contributed by atoms with Gasteiger partial charge in [-0.1, -0.05) is 12.1 Å². The van der Waals surface area contributed by atoms with Crippen LogP contribution in [-0.4, -0.2) is 58.2 Å². The van der Waals surface area contributed by atoms with Gasteiger partial charge < -0.3 is 36.6 Å². The Labute approximate surface area is 227 Å². The molecule has 3 rings (SSSR count). The third-order valence-corrected chi connectivity index (χ3v) is 5.92. The van der Waals surface area contributed by atoms with Gasteiger partial charge in [0.1, 0.15) is 23.1 Å². The van der Waals surface area contributed by atoms with Crippen LogP contribution in [-0.2, 0) is 27.1 Å². The summed E-state index contributed by atoms with van der Waals surface area (Å²) in [6, 6.07) is 6.39. The predicted molar refractivity (Wildman–Crippen MR) is 148 cm³/mol. The molecule has 210 valence electrons. The first kappa shape index (κ1) is 29.2. The first-order valence-corrected chi connectivity index (χ1v) is 12.8. The summed E-state index contributed by atoms with van der Waals surface area (Å²) in [6.45, 7) is 5.61. The van der Waals surface area contributed by atoms with Gasteiger partial charge in [0.15, 0.2) is 0 Å². The lowest BCUT2D eigenvalue weighted by atomic mass is 10.0. The number of carbonyl (C=O) groups excluding carboxylic acids is 3. The molecule has 0 aliphatic carbocycles. The Balaban J connectivity index is 1.49. The molecule has 0 aliphatic heterocycles. The molecule has 3 aromatic rings. The summed E-state index contributed by atoms with van der Waals surface area (Å²) in [5.74, 6) is -0.451. The number of hydrogen-bond donors (Lipinski definition) is 5. The first-order chi connectivity index (χ1) is 18.5. The van der Waals surface area contributed by atoms with E-state index in [9.17, 15) is 14.4 Å². The van der Waals surface area contributed by atoms with Crippen LogP contribution >= 0.6 is 0 Å². The molecule has 2 amide bonds. The van der Waals surface area contributed by atoms with E-state index < -0.39 is 23.7 Å². The molecule has 1 atom stereocenters. The van der Waals surface area contributed by atoms with E-state index in [1.807, 2.05) is 18.3 Å². The molecule has 12 heteroatoms. The molecule has 2 heterocycles. The minimum absolute atomic E-state index is 0.130. The Morgan fingerprint density at radius 3 is 2.44 bits per heavy atom. The molecule has 0 spiro atoms. The highest BCUT2D eigenvalue weighted by atomic mass is 16.6. The van der Waals surface area contributed by atoms with Crippen molar-refractivity contribution in [3.8, 4) is 0 Å². The van der Waals surface area contributed by atoms with Gasteiger partial charge in [0.2, 0.25) is 5.95 Å². The summed E-state index contributed by atoms with van der Waals surface area (Å²) in [5.41, 5.74) is 14.2. The number of benzene rings is 1. The number of fused-ring (bicyclic) bond motifs is 1. The number of rotatable bonds is 11. The highest BCUT2D eigenvalue weighted by Crippen LogP contribution is 2.24. The molecule has 12 nitrogen and oxygen atoms in total. The number of carbonyl (C=O) groups is 3. The fourth-order valence-corrected chi connectivity index (χ4v) is 4.09. The zero-order chi connectivity index (χ0) is 28.6. The number of nitrogens with zero attached hydrogens (tertiary/aromatic N) is 2. The van der Waals surface area contributed by atoms with E-state index in [1.165, 1.54) is 7.11 Å². The summed E-state index contributed by atoms with van der Waals surface area (Å²) in [6.07, 6.45) is 4.48. The molecule has 0 aliphatic rings.